The molecule has 0 aromatic carbocycles. The van der Waals surface area contributed by atoms with Crippen molar-refractivity contribution in [1.29, 1.82) is 0 Å². The van der Waals surface area contributed by atoms with Crippen molar-refractivity contribution in [1.82, 2.24) is 14.9 Å². The molecule has 2 aliphatic rings. The van der Waals surface area contributed by atoms with Gasteiger partial charge < -0.3 is 14.5 Å². The molecule has 2 aromatic heterocycles. The van der Waals surface area contributed by atoms with E-state index in [4.69, 9.17) is 9.72 Å². The van der Waals surface area contributed by atoms with E-state index >= 15 is 0 Å². The van der Waals surface area contributed by atoms with Gasteiger partial charge in [-0.1, -0.05) is 6.92 Å². The van der Waals surface area contributed by atoms with E-state index in [0.717, 1.165) is 55.7 Å². The minimum atomic E-state index is -0.0350. The van der Waals surface area contributed by atoms with E-state index in [1.54, 1.807) is 11.3 Å². The van der Waals surface area contributed by atoms with Gasteiger partial charge >= 0.3 is 0 Å². The number of piperidine rings is 1. The molecule has 0 radical (unpaired) electrons. The van der Waals surface area contributed by atoms with Crippen molar-refractivity contribution in [3.63, 3.8) is 0 Å². The molecule has 2 aliphatic heterocycles. The summed E-state index contributed by atoms with van der Waals surface area (Å²) >= 11 is 1.67. The monoisotopic (exact) mass is 360 g/mol. The van der Waals surface area contributed by atoms with Gasteiger partial charge in [0.15, 0.2) is 0 Å². The summed E-state index contributed by atoms with van der Waals surface area (Å²) in [6.45, 7) is 8.94. The molecule has 25 heavy (non-hydrogen) atoms. The number of likely N-dealkylation sites (tertiary alicyclic amines) is 1. The van der Waals surface area contributed by atoms with Crippen LogP contribution >= 0.6 is 11.3 Å². The van der Waals surface area contributed by atoms with Gasteiger partial charge in [-0.25, -0.2) is 9.97 Å². The number of nitrogens with zero attached hydrogens (tertiary/aromatic N) is 4. The van der Waals surface area contributed by atoms with Crippen LogP contribution in [0.15, 0.2) is 5.38 Å². The number of carbonyl (C=O) groups is 1. The standard InChI is InChI=1S/C18H24N4O2S/c1-12-3-5-22(6-4-12)18(23)16-19-14-11-25-13(2)15(14)17(20-16)21-7-9-24-10-8-21/h11-12H,3-10H2,1-2H3. The normalized spacial score (nSPS) is 19.6. The maximum atomic E-state index is 13.0. The van der Waals surface area contributed by atoms with Crippen LogP contribution in [0.2, 0.25) is 0 Å². The molecule has 2 aromatic rings. The summed E-state index contributed by atoms with van der Waals surface area (Å²) in [5, 5.41) is 3.11. The Balaban J connectivity index is 1.71. The van der Waals surface area contributed by atoms with Gasteiger partial charge in [0.05, 0.1) is 24.1 Å². The van der Waals surface area contributed by atoms with Gasteiger partial charge in [0, 0.05) is 36.4 Å². The number of aromatic nitrogens is 2. The Kier molecular flexibility index (Phi) is 4.60. The minimum absolute atomic E-state index is 0.0350. The van der Waals surface area contributed by atoms with Gasteiger partial charge in [-0.2, -0.15) is 0 Å². The highest BCUT2D eigenvalue weighted by molar-refractivity contribution is 7.11. The van der Waals surface area contributed by atoms with Crippen molar-refractivity contribution < 1.29 is 9.53 Å². The highest BCUT2D eigenvalue weighted by Crippen LogP contribution is 2.32. The molecule has 4 heterocycles. The Bertz CT molecular complexity index is 777. The average molecular weight is 360 g/mol. The lowest BCUT2D eigenvalue weighted by molar-refractivity contribution is 0.0685. The minimum Gasteiger partial charge on any atom is -0.378 e. The van der Waals surface area contributed by atoms with Crippen LogP contribution in [0, 0.1) is 12.8 Å². The zero-order valence-electron chi connectivity index (χ0n) is 14.8. The number of amides is 1. The lowest BCUT2D eigenvalue weighted by Gasteiger charge is -2.31. The molecule has 6 nitrogen and oxygen atoms in total. The summed E-state index contributed by atoms with van der Waals surface area (Å²) in [6, 6.07) is 0. The number of ether oxygens (including phenoxy) is 1. The summed E-state index contributed by atoms with van der Waals surface area (Å²) in [5.41, 5.74) is 0.882. The van der Waals surface area contributed by atoms with Crippen molar-refractivity contribution in [2.75, 3.05) is 44.3 Å². The molecule has 0 spiro atoms. The molecule has 4 rings (SSSR count). The smallest absolute Gasteiger partial charge is 0.291 e. The zero-order valence-corrected chi connectivity index (χ0v) is 15.6. The fourth-order valence-corrected chi connectivity index (χ4v) is 4.32. The van der Waals surface area contributed by atoms with E-state index in [0.29, 0.717) is 25.0 Å². The van der Waals surface area contributed by atoms with Crippen molar-refractivity contribution in [3.05, 3.63) is 16.1 Å². The third kappa shape index (κ3) is 3.22. The Labute approximate surface area is 151 Å². The van der Waals surface area contributed by atoms with E-state index in [1.807, 2.05) is 10.3 Å². The van der Waals surface area contributed by atoms with Gasteiger partial charge in [0.25, 0.3) is 5.91 Å². The number of anilines is 1. The quantitative estimate of drug-likeness (QED) is 0.824. The van der Waals surface area contributed by atoms with Crippen molar-refractivity contribution >= 4 is 34.0 Å². The van der Waals surface area contributed by atoms with Crippen LogP contribution in [0.1, 0.15) is 35.3 Å². The number of carbonyl (C=O) groups excluding carboxylic acids is 1. The summed E-state index contributed by atoms with van der Waals surface area (Å²) in [5.74, 6) is 1.88. The van der Waals surface area contributed by atoms with Crippen LogP contribution in [0.25, 0.3) is 10.9 Å². The maximum absolute atomic E-state index is 13.0. The first-order chi connectivity index (χ1) is 12.1. The number of rotatable bonds is 2. The number of thiophene rings is 1. The molecule has 0 atom stereocenters. The molecular weight excluding hydrogens is 336 g/mol. The molecule has 2 fully saturated rings. The van der Waals surface area contributed by atoms with Crippen molar-refractivity contribution in [2.24, 2.45) is 5.92 Å². The lowest BCUT2D eigenvalue weighted by atomic mass is 9.99. The fourth-order valence-electron chi connectivity index (χ4n) is 3.54. The Hall–Kier alpha value is -1.73. The number of morpholine rings is 1. The van der Waals surface area contributed by atoms with E-state index in [1.165, 1.54) is 4.88 Å². The van der Waals surface area contributed by atoms with Crippen LogP contribution in [-0.2, 0) is 4.74 Å². The fraction of sp³-hybridized carbons (Fsp3) is 0.611. The molecule has 7 heteroatoms. The van der Waals surface area contributed by atoms with Crippen molar-refractivity contribution in [2.45, 2.75) is 26.7 Å². The third-order valence-electron chi connectivity index (χ3n) is 5.19. The maximum Gasteiger partial charge on any atom is 0.291 e. The molecule has 0 N–H and O–H groups in total. The second kappa shape index (κ2) is 6.88. The second-order valence-electron chi connectivity index (χ2n) is 7.00. The van der Waals surface area contributed by atoms with E-state index in [-0.39, 0.29) is 5.91 Å². The van der Waals surface area contributed by atoms with Crippen molar-refractivity contribution in [3.8, 4) is 0 Å². The van der Waals surface area contributed by atoms with Gasteiger partial charge in [0.1, 0.15) is 5.82 Å². The molecule has 1 amide bonds. The first kappa shape index (κ1) is 16.7. The molecule has 0 aliphatic carbocycles. The van der Waals surface area contributed by atoms with Gasteiger partial charge in [-0.05, 0) is 25.7 Å². The first-order valence-electron chi connectivity index (χ1n) is 9.01. The molecule has 134 valence electrons. The number of fused-ring (bicyclic) bond motifs is 1. The second-order valence-corrected chi connectivity index (χ2v) is 8.08. The van der Waals surface area contributed by atoms with Crippen LogP contribution in [0.4, 0.5) is 5.82 Å². The number of hydrogen-bond acceptors (Lipinski definition) is 6. The molecule has 2 saturated heterocycles. The van der Waals surface area contributed by atoms with E-state index in [2.05, 4.69) is 23.7 Å². The largest absolute Gasteiger partial charge is 0.378 e. The topological polar surface area (TPSA) is 58.6 Å². The van der Waals surface area contributed by atoms with Crippen LogP contribution in [0.3, 0.4) is 0 Å². The SMILES string of the molecule is Cc1scc2nc(C(=O)N3CCC(C)CC3)nc(N3CCOCC3)c12. The highest BCUT2D eigenvalue weighted by Gasteiger charge is 2.26. The number of hydrogen-bond donors (Lipinski definition) is 0. The molecular formula is C18H24N4O2S. The predicted molar refractivity (Wildman–Crippen MR) is 99.5 cm³/mol. The van der Waals surface area contributed by atoms with E-state index in [9.17, 15) is 4.79 Å². The van der Waals surface area contributed by atoms with E-state index < -0.39 is 0 Å². The van der Waals surface area contributed by atoms with Crippen LogP contribution < -0.4 is 4.90 Å². The molecule has 0 saturated carbocycles. The molecule has 0 unspecified atom stereocenters. The average Bonchev–Trinajstić information content (AvgIpc) is 3.03. The van der Waals surface area contributed by atoms with Crippen LogP contribution in [-0.4, -0.2) is 60.2 Å². The van der Waals surface area contributed by atoms with Gasteiger partial charge in [-0.3, -0.25) is 4.79 Å². The lowest BCUT2D eigenvalue weighted by Crippen LogP contribution is -2.40. The van der Waals surface area contributed by atoms with Gasteiger partial charge in [-0.15, -0.1) is 11.3 Å². The highest BCUT2D eigenvalue weighted by atomic mass is 32.1. The summed E-state index contributed by atoms with van der Waals surface area (Å²) in [7, 11) is 0. The number of aryl methyl sites for hydroxylation is 1. The third-order valence-corrected chi connectivity index (χ3v) is 6.09. The van der Waals surface area contributed by atoms with Crippen LogP contribution in [0.5, 0.6) is 0 Å². The Morgan fingerprint density at radius 2 is 1.92 bits per heavy atom. The summed E-state index contributed by atoms with van der Waals surface area (Å²) in [6.07, 6.45) is 2.11. The Morgan fingerprint density at radius 3 is 2.64 bits per heavy atom. The summed E-state index contributed by atoms with van der Waals surface area (Å²) in [4.78, 5) is 27.6. The predicted octanol–water partition coefficient (Wildman–Crippen LogP) is 2.71. The Morgan fingerprint density at radius 1 is 1.20 bits per heavy atom. The first-order valence-corrected chi connectivity index (χ1v) is 9.89. The zero-order chi connectivity index (χ0) is 17.4. The summed E-state index contributed by atoms with van der Waals surface area (Å²) < 4.78 is 5.47. The van der Waals surface area contributed by atoms with Gasteiger partial charge in [0.2, 0.25) is 5.82 Å². The molecule has 0 bridgehead atoms.